The Morgan fingerprint density at radius 1 is 1.36 bits per heavy atom. The number of aromatic nitrogens is 1. The first-order valence-corrected chi connectivity index (χ1v) is 3.86. The maximum absolute atomic E-state index is 5.49. The third-order valence-corrected chi connectivity index (χ3v) is 1.79. The van der Waals surface area contributed by atoms with Crippen molar-refractivity contribution >= 4 is 35.9 Å². The molecule has 0 aliphatic rings. The van der Waals surface area contributed by atoms with Crippen LogP contribution in [0.25, 0.3) is 11.1 Å². The van der Waals surface area contributed by atoms with Crippen molar-refractivity contribution in [1.82, 2.24) is 4.98 Å². The summed E-state index contributed by atoms with van der Waals surface area (Å²) in [5, 5.41) is 0. The number of benzene rings is 1. The van der Waals surface area contributed by atoms with Crippen LogP contribution in [0, 0.1) is 6.92 Å². The highest BCUT2D eigenvalue weighted by Crippen LogP contribution is 2.16. The Balaban J connectivity index is 0.000000845. The smallest absolute Gasteiger partial charge is 0.192 e. The average molecular weight is 235 g/mol. The molecule has 1 aromatic heterocycles. The molecule has 14 heavy (non-hydrogen) atoms. The van der Waals surface area contributed by atoms with Crippen molar-refractivity contribution in [1.29, 1.82) is 0 Å². The minimum Gasteiger partial charge on any atom is -0.441 e. The lowest BCUT2D eigenvalue weighted by molar-refractivity contribution is 0.561. The molecule has 1 aromatic carbocycles. The second-order valence-corrected chi connectivity index (χ2v) is 2.74. The standard InChI is InChI=1S/C9H10N2O.2ClH/c1-6-11-8-4-7(5-10)2-3-9(8)12-6;;/h2-4H,5,10H2,1H3;2*1H. The average Bonchev–Trinajstić information content (AvgIpc) is 2.43. The normalized spacial score (nSPS) is 9.29. The lowest BCUT2D eigenvalue weighted by Crippen LogP contribution is -1.94. The van der Waals surface area contributed by atoms with Crippen molar-refractivity contribution in [3.63, 3.8) is 0 Å². The quantitative estimate of drug-likeness (QED) is 0.825. The first-order chi connectivity index (χ1) is 5.79. The third kappa shape index (κ3) is 2.38. The van der Waals surface area contributed by atoms with Crippen LogP contribution in [0.5, 0.6) is 0 Å². The maximum atomic E-state index is 5.49. The fourth-order valence-corrected chi connectivity index (χ4v) is 1.22. The van der Waals surface area contributed by atoms with E-state index in [4.69, 9.17) is 10.2 Å². The summed E-state index contributed by atoms with van der Waals surface area (Å²) in [5.41, 5.74) is 8.28. The van der Waals surface area contributed by atoms with Crippen molar-refractivity contribution in [2.24, 2.45) is 5.73 Å². The molecule has 0 amide bonds. The molecule has 2 rings (SSSR count). The number of hydrogen-bond donors (Lipinski definition) is 1. The number of oxazole rings is 1. The third-order valence-electron chi connectivity index (χ3n) is 1.79. The number of nitrogens with zero attached hydrogens (tertiary/aromatic N) is 1. The second-order valence-electron chi connectivity index (χ2n) is 2.74. The van der Waals surface area contributed by atoms with Gasteiger partial charge in [-0.1, -0.05) is 6.07 Å². The molecule has 2 N–H and O–H groups in total. The highest BCUT2D eigenvalue weighted by Gasteiger charge is 2.01. The van der Waals surface area contributed by atoms with Gasteiger partial charge in [0, 0.05) is 13.5 Å². The lowest BCUT2D eigenvalue weighted by atomic mass is 10.2. The van der Waals surface area contributed by atoms with Crippen LogP contribution < -0.4 is 5.73 Å². The first-order valence-electron chi connectivity index (χ1n) is 3.86. The van der Waals surface area contributed by atoms with Gasteiger partial charge in [0.2, 0.25) is 0 Å². The summed E-state index contributed by atoms with van der Waals surface area (Å²) in [4.78, 5) is 4.20. The van der Waals surface area contributed by atoms with Crippen LogP contribution in [0.3, 0.4) is 0 Å². The van der Waals surface area contributed by atoms with E-state index in [1.807, 2.05) is 25.1 Å². The molecule has 0 radical (unpaired) electrons. The Labute approximate surface area is 94.5 Å². The number of nitrogens with two attached hydrogens (primary N) is 1. The van der Waals surface area contributed by atoms with E-state index >= 15 is 0 Å². The van der Waals surface area contributed by atoms with Crippen molar-refractivity contribution < 1.29 is 4.42 Å². The van der Waals surface area contributed by atoms with Crippen LogP contribution in [0.1, 0.15) is 11.5 Å². The molecule has 3 nitrogen and oxygen atoms in total. The first kappa shape index (κ1) is 13.2. The van der Waals surface area contributed by atoms with Gasteiger partial charge in [0.25, 0.3) is 0 Å². The molecule has 1 heterocycles. The minimum absolute atomic E-state index is 0. The highest BCUT2D eigenvalue weighted by molar-refractivity contribution is 5.85. The number of fused-ring (bicyclic) bond motifs is 1. The summed E-state index contributed by atoms with van der Waals surface area (Å²) < 4.78 is 5.32. The summed E-state index contributed by atoms with van der Waals surface area (Å²) in [7, 11) is 0. The van der Waals surface area contributed by atoms with Crippen molar-refractivity contribution in [2.45, 2.75) is 13.5 Å². The van der Waals surface area contributed by atoms with E-state index in [9.17, 15) is 0 Å². The summed E-state index contributed by atoms with van der Waals surface area (Å²) in [5.74, 6) is 0.694. The predicted octanol–water partition coefficient (Wildman–Crippen LogP) is 2.44. The Morgan fingerprint density at radius 3 is 2.71 bits per heavy atom. The van der Waals surface area contributed by atoms with Gasteiger partial charge in [-0.25, -0.2) is 4.98 Å². The molecule has 0 bridgehead atoms. The Hall–Kier alpha value is -0.770. The molecular weight excluding hydrogens is 223 g/mol. The molecular formula is C9H12Cl2N2O. The van der Waals surface area contributed by atoms with Crippen LogP contribution in [0.2, 0.25) is 0 Å². The summed E-state index contributed by atoms with van der Waals surface area (Å²) >= 11 is 0. The Morgan fingerprint density at radius 2 is 2.07 bits per heavy atom. The zero-order chi connectivity index (χ0) is 8.55. The number of halogens is 2. The SMILES string of the molecule is Cc1nc2cc(CN)ccc2o1.Cl.Cl. The van der Waals surface area contributed by atoms with Crippen LogP contribution in [-0.4, -0.2) is 4.98 Å². The van der Waals surface area contributed by atoms with E-state index in [0.717, 1.165) is 16.7 Å². The number of aryl methyl sites for hydroxylation is 1. The molecule has 0 saturated carbocycles. The van der Waals surface area contributed by atoms with E-state index in [0.29, 0.717) is 12.4 Å². The molecule has 0 aliphatic heterocycles. The van der Waals surface area contributed by atoms with E-state index in [-0.39, 0.29) is 24.8 Å². The summed E-state index contributed by atoms with van der Waals surface area (Å²) in [6, 6.07) is 5.80. The van der Waals surface area contributed by atoms with Gasteiger partial charge >= 0.3 is 0 Å². The molecule has 0 aliphatic carbocycles. The van der Waals surface area contributed by atoms with Gasteiger partial charge in [0.1, 0.15) is 5.52 Å². The van der Waals surface area contributed by atoms with E-state index in [1.165, 1.54) is 0 Å². The van der Waals surface area contributed by atoms with E-state index < -0.39 is 0 Å². The van der Waals surface area contributed by atoms with Gasteiger partial charge in [-0.05, 0) is 17.7 Å². The zero-order valence-electron chi connectivity index (χ0n) is 7.69. The second kappa shape index (κ2) is 5.20. The highest BCUT2D eigenvalue weighted by atomic mass is 35.5. The van der Waals surface area contributed by atoms with Gasteiger partial charge in [0.15, 0.2) is 11.5 Å². The number of rotatable bonds is 1. The lowest BCUT2D eigenvalue weighted by Gasteiger charge is -1.92. The largest absolute Gasteiger partial charge is 0.441 e. The predicted molar refractivity (Wildman–Crippen MR) is 61.1 cm³/mol. The molecule has 0 unspecified atom stereocenters. The Kier molecular flexibility index (Phi) is 4.91. The molecule has 78 valence electrons. The summed E-state index contributed by atoms with van der Waals surface area (Å²) in [6.07, 6.45) is 0. The van der Waals surface area contributed by atoms with E-state index in [2.05, 4.69) is 4.98 Å². The zero-order valence-corrected chi connectivity index (χ0v) is 9.32. The fourth-order valence-electron chi connectivity index (χ4n) is 1.22. The molecule has 2 aromatic rings. The minimum atomic E-state index is 0. The molecule has 0 spiro atoms. The van der Waals surface area contributed by atoms with Gasteiger partial charge in [-0.3, -0.25) is 0 Å². The number of hydrogen-bond acceptors (Lipinski definition) is 3. The van der Waals surface area contributed by atoms with Crippen LogP contribution in [0.15, 0.2) is 22.6 Å². The molecule has 5 heteroatoms. The van der Waals surface area contributed by atoms with Crippen LogP contribution in [0.4, 0.5) is 0 Å². The van der Waals surface area contributed by atoms with Crippen molar-refractivity contribution in [3.8, 4) is 0 Å². The van der Waals surface area contributed by atoms with Crippen molar-refractivity contribution in [3.05, 3.63) is 29.7 Å². The molecule has 0 fully saturated rings. The van der Waals surface area contributed by atoms with Gasteiger partial charge < -0.3 is 10.2 Å². The maximum Gasteiger partial charge on any atom is 0.192 e. The molecule has 0 atom stereocenters. The Bertz CT molecular complexity index is 414. The van der Waals surface area contributed by atoms with E-state index in [1.54, 1.807) is 0 Å². The molecule has 0 saturated heterocycles. The van der Waals surface area contributed by atoms with Crippen LogP contribution in [-0.2, 0) is 6.54 Å². The van der Waals surface area contributed by atoms with Gasteiger partial charge in [-0.2, -0.15) is 0 Å². The summed E-state index contributed by atoms with van der Waals surface area (Å²) in [6.45, 7) is 2.38. The monoisotopic (exact) mass is 234 g/mol. The van der Waals surface area contributed by atoms with Gasteiger partial charge in [-0.15, -0.1) is 24.8 Å². The van der Waals surface area contributed by atoms with Crippen molar-refractivity contribution in [2.75, 3.05) is 0 Å². The van der Waals surface area contributed by atoms with Gasteiger partial charge in [0.05, 0.1) is 0 Å². The fraction of sp³-hybridized carbons (Fsp3) is 0.222. The topological polar surface area (TPSA) is 52.0 Å². The van der Waals surface area contributed by atoms with Crippen LogP contribution >= 0.6 is 24.8 Å².